The minimum atomic E-state index is 0.479. The summed E-state index contributed by atoms with van der Waals surface area (Å²) in [5.41, 5.74) is 1.42. The van der Waals surface area contributed by atoms with Gasteiger partial charge in [0.1, 0.15) is 0 Å². The highest BCUT2D eigenvalue weighted by atomic mass is 35.5. The van der Waals surface area contributed by atoms with Crippen LogP contribution >= 0.6 is 11.6 Å². The number of carbonyl (C=O) groups excluding carboxylic acids is 1. The van der Waals surface area contributed by atoms with Gasteiger partial charge in [0, 0.05) is 31.4 Å². The summed E-state index contributed by atoms with van der Waals surface area (Å²) in [5, 5.41) is 3.40. The van der Waals surface area contributed by atoms with Crippen LogP contribution in [0.25, 0.3) is 0 Å². The summed E-state index contributed by atoms with van der Waals surface area (Å²) in [6.07, 6.45) is 0.738. The SMILES string of the molecule is CN1CCOCC1.CNc1ccc(C=O)c(Cl)c1. The average Bonchev–Trinajstić information content (AvgIpc) is 2.40. The zero-order valence-electron chi connectivity index (χ0n) is 10.8. The second-order valence-electron chi connectivity index (χ2n) is 4.02. The normalized spacial score (nSPS) is 15.5. The molecule has 5 heteroatoms. The van der Waals surface area contributed by atoms with Gasteiger partial charge in [-0.1, -0.05) is 11.6 Å². The van der Waals surface area contributed by atoms with Gasteiger partial charge in [-0.3, -0.25) is 4.79 Å². The van der Waals surface area contributed by atoms with Crippen molar-refractivity contribution < 1.29 is 9.53 Å². The molecule has 2 rings (SSSR count). The molecule has 0 aliphatic carbocycles. The Balaban J connectivity index is 0.000000199. The Morgan fingerprint density at radius 3 is 2.44 bits per heavy atom. The number of halogens is 1. The zero-order valence-corrected chi connectivity index (χ0v) is 11.5. The van der Waals surface area contributed by atoms with Gasteiger partial charge in [-0.2, -0.15) is 0 Å². The minimum absolute atomic E-state index is 0.479. The molecule has 100 valence electrons. The van der Waals surface area contributed by atoms with Crippen molar-refractivity contribution in [1.82, 2.24) is 4.90 Å². The van der Waals surface area contributed by atoms with E-state index in [4.69, 9.17) is 16.3 Å². The predicted octanol–water partition coefficient (Wildman–Crippen LogP) is 2.14. The number of carbonyl (C=O) groups is 1. The molecule has 1 saturated heterocycles. The van der Waals surface area contributed by atoms with Crippen molar-refractivity contribution in [3.8, 4) is 0 Å². The smallest absolute Gasteiger partial charge is 0.151 e. The minimum Gasteiger partial charge on any atom is -0.388 e. The second kappa shape index (κ2) is 8.08. The molecular weight excluding hydrogens is 252 g/mol. The van der Waals surface area contributed by atoms with Crippen LogP contribution in [-0.4, -0.2) is 51.6 Å². The van der Waals surface area contributed by atoms with Crippen molar-refractivity contribution in [3.05, 3.63) is 28.8 Å². The van der Waals surface area contributed by atoms with Crippen molar-refractivity contribution in [2.24, 2.45) is 0 Å². The molecule has 0 unspecified atom stereocenters. The fourth-order valence-electron chi connectivity index (χ4n) is 1.43. The van der Waals surface area contributed by atoms with E-state index in [0.29, 0.717) is 10.6 Å². The van der Waals surface area contributed by atoms with E-state index in [-0.39, 0.29) is 0 Å². The first-order chi connectivity index (χ1) is 8.67. The maximum Gasteiger partial charge on any atom is 0.151 e. The fourth-order valence-corrected chi connectivity index (χ4v) is 1.66. The molecule has 0 spiro atoms. The Bertz CT molecular complexity index is 379. The molecule has 0 aromatic heterocycles. The predicted molar refractivity (Wildman–Crippen MR) is 74.7 cm³/mol. The molecule has 1 aromatic rings. The second-order valence-corrected chi connectivity index (χ2v) is 4.43. The lowest BCUT2D eigenvalue weighted by atomic mass is 10.2. The molecule has 1 fully saturated rings. The summed E-state index contributed by atoms with van der Waals surface area (Å²) in [6.45, 7) is 4.02. The Hall–Kier alpha value is -1.10. The van der Waals surface area contributed by atoms with Gasteiger partial charge in [0.25, 0.3) is 0 Å². The van der Waals surface area contributed by atoms with E-state index in [1.165, 1.54) is 0 Å². The van der Waals surface area contributed by atoms with E-state index in [9.17, 15) is 4.79 Å². The van der Waals surface area contributed by atoms with E-state index in [0.717, 1.165) is 38.3 Å². The number of benzene rings is 1. The number of hydrogen-bond donors (Lipinski definition) is 1. The number of ether oxygens (including phenoxy) is 1. The van der Waals surface area contributed by atoms with E-state index in [1.807, 2.05) is 0 Å². The molecule has 1 N–H and O–H groups in total. The van der Waals surface area contributed by atoms with Crippen molar-refractivity contribution in [1.29, 1.82) is 0 Å². The summed E-state index contributed by atoms with van der Waals surface area (Å²) in [6, 6.07) is 5.20. The van der Waals surface area contributed by atoms with Crippen molar-refractivity contribution in [2.75, 3.05) is 45.7 Å². The number of anilines is 1. The van der Waals surface area contributed by atoms with Gasteiger partial charge in [0.2, 0.25) is 0 Å². The Morgan fingerprint density at radius 1 is 1.39 bits per heavy atom. The van der Waals surface area contributed by atoms with Crippen LogP contribution in [0.1, 0.15) is 10.4 Å². The van der Waals surface area contributed by atoms with Crippen molar-refractivity contribution >= 4 is 23.6 Å². The summed E-state index contributed by atoms with van der Waals surface area (Å²) >= 11 is 5.74. The maximum absolute atomic E-state index is 10.3. The van der Waals surface area contributed by atoms with Crippen LogP contribution < -0.4 is 5.32 Å². The molecule has 18 heavy (non-hydrogen) atoms. The lowest BCUT2D eigenvalue weighted by Crippen LogP contribution is -2.32. The van der Waals surface area contributed by atoms with E-state index in [1.54, 1.807) is 25.2 Å². The molecule has 1 aromatic carbocycles. The first-order valence-corrected chi connectivity index (χ1v) is 6.24. The van der Waals surface area contributed by atoms with Gasteiger partial charge in [0.15, 0.2) is 6.29 Å². The van der Waals surface area contributed by atoms with Crippen LogP contribution in [0, 0.1) is 0 Å². The van der Waals surface area contributed by atoms with Crippen molar-refractivity contribution in [2.45, 2.75) is 0 Å². The van der Waals surface area contributed by atoms with Crippen LogP contribution in [0.3, 0.4) is 0 Å². The first kappa shape index (κ1) is 15.0. The Labute approximate surface area is 113 Å². The molecule has 1 aliphatic rings. The lowest BCUT2D eigenvalue weighted by molar-refractivity contribution is 0.0503. The Kier molecular flexibility index (Phi) is 6.72. The molecule has 0 saturated carbocycles. The number of nitrogens with zero attached hydrogens (tertiary/aromatic N) is 1. The van der Waals surface area contributed by atoms with Crippen LogP contribution in [0.5, 0.6) is 0 Å². The first-order valence-electron chi connectivity index (χ1n) is 5.86. The number of aldehydes is 1. The molecule has 0 radical (unpaired) electrons. The van der Waals surface area contributed by atoms with Gasteiger partial charge in [0.05, 0.1) is 18.2 Å². The highest BCUT2D eigenvalue weighted by Gasteiger charge is 2.02. The maximum atomic E-state index is 10.3. The third-order valence-electron chi connectivity index (χ3n) is 2.65. The standard InChI is InChI=1S/C8H8ClNO.C5H11NO/c1-10-7-3-2-6(5-11)8(9)4-7;1-6-2-4-7-5-3-6/h2-5,10H,1H3;2-5H2,1H3. The molecule has 0 bridgehead atoms. The molecule has 1 aliphatic heterocycles. The lowest BCUT2D eigenvalue weighted by Gasteiger charge is -2.21. The number of hydrogen-bond acceptors (Lipinski definition) is 4. The largest absolute Gasteiger partial charge is 0.388 e. The monoisotopic (exact) mass is 270 g/mol. The van der Waals surface area contributed by atoms with Gasteiger partial charge >= 0.3 is 0 Å². The Morgan fingerprint density at radius 2 is 2.06 bits per heavy atom. The number of morpholine rings is 1. The quantitative estimate of drug-likeness (QED) is 0.836. The third kappa shape index (κ3) is 5.04. The van der Waals surface area contributed by atoms with E-state index >= 15 is 0 Å². The van der Waals surface area contributed by atoms with Crippen LogP contribution in [0.4, 0.5) is 5.69 Å². The molecule has 4 nitrogen and oxygen atoms in total. The van der Waals surface area contributed by atoms with E-state index in [2.05, 4.69) is 17.3 Å². The van der Waals surface area contributed by atoms with Gasteiger partial charge < -0.3 is 15.0 Å². The molecule has 0 atom stereocenters. The average molecular weight is 271 g/mol. The van der Waals surface area contributed by atoms with Crippen LogP contribution in [-0.2, 0) is 4.74 Å². The summed E-state index contributed by atoms with van der Waals surface area (Å²) in [4.78, 5) is 12.6. The van der Waals surface area contributed by atoms with Crippen LogP contribution in [0.15, 0.2) is 18.2 Å². The number of rotatable bonds is 2. The van der Waals surface area contributed by atoms with E-state index < -0.39 is 0 Å². The van der Waals surface area contributed by atoms with Gasteiger partial charge in [-0.15, -0.1) is 0 Å². The summed E-state index contributed by atoms with van der Waals surface area (Å²) in [5.74, 6) is 0. The molecule has 1 heterocycles. The van der Waals surface area contributed by atoms with Gasteiger partial charge in [-0.25, -0.2) is 0 Å². The highest BCUT2D eigenvalue weighted by Crippen LogP contribution is 2.18. The van der Waals surface area contributed by atoms with Crippen LogP contribution in [0.2, 0.25) is 5.02 Å². The highest BCUT2D eigenvalue weighted by molar-refractivity contribution is 6.33. The summed E-state index contributed by atoms with van der Waals surface area (Å²) < 4.78 is 5.10. The fraction of sp³-hybridized carbons (Fsp3) is 0.462. The van der Waals surface area contributed by atoms with Crippen molar-refractivity contribution in [3.63, 3.8) is 0 Å². The summed E-state index contributed by atoms with van der Waals surface area (Å²) in [7, 11) is 3.91. The van der Waals surface area contributed by atoms with Gasteiger partial charge in [-0.05, 0) is 25.2 Å². The topological polar surface area (TPSA) is 41.6 Å². The number of likely N-dealkylation sites (N-methyl/N-ethyl adjacent to an activating group) is 1. The number of nitrogens with one attached hydrogen (secondary N) is 1. The molecular formula is C13H19ClN2O2. The third-order valence-corrected chi connectivity index (χ3v) is 2.98. The molecule has 0 amide bonds. The zero-order chi connectivity index (χ0) is 13.4.